The highest BCUT2D eigenvalue weighted by molar-refractivity contribution is 7.91. The molecule has 0 spiro atoms. The van der Waals surface area contributed by atoms with Crippen molar-refractivity contribution in [2.75, 3.05) is 24.9 Å². The summed E-state index contributed by atoms with van der Waals surface area (Å²) in [5.74, 6) is 0.386. The molecule has 0 N–H and O–H groups in total. The summed E-state index contributed by atoms with van der Waals surface area (Å²) in [5.41, 5.74) is 0. The van der Waals surface area contributed by atoms with Gasteiger partial charge < -0.3 is 9.47 Å². The fraction of sp³-hybridized carbons (Fsp3) is 1.00. The van der Waals surface area contributed by atoms with E-state index in [2.05, 4.69) is 6.92 Å². The van der Waals surface area contributed by atoms with Gasteiger partial charge in [-0.2, -0.15) is 0 Å². The third-order valence-electron chi connectivity index (χ3n) is 2.19. The molecule has 1 atom stereocenters. The summed E-state index contributed by atoms with van der Waals surface area (Å²) >= 11 is 0. The Labute approximate surface area is 85.5 Å². The molecular weight excluding hydrogens is 204 g/mol. The van der Waals surface area contributed by atoms with Crippen LogP contribution in [0.25, 0.3) is 0 Å². The van der Waals surface area contributed by atoms with Gasteiger partial charge in [0.1, 0.15) is 6.79 Å². The predicted octanol–water partition coefficient (Wildman–Crippen LogP) is 0.964. The largest absolute Gasteiger partial charge is 0.353 e. The van der Waals surface area contributed by atoms with Crippen molar-refractivity contribution in [2.45, 2.75) is 32.3 Å². The van der Waals surface area contributed by atoms with Crippen LogP contribution >= 0.6 is 0 Å². The van der Waals surface area contributed by atoms with Crippen LogP contribution in [0.5, 0.6) is 0 Å². The molecule has 4 nitrogen and oxygen atoms in total. The van der Waals surface area contributed by atoms with E-state index in [9.17, 15) is 8.42 Å². The Balaban J connectivity index is 2.26. The molecular formula is C9H18O4S. The molecule has 0 radical (unpaired) electrons. The van der Waals surface area contributed by atoms with Gasteiger partial charge >= 0.3 is 0 Å². The first-order valence-corrected chi connectivity index (χ1v) is 6.86. The van der Waals surface area contributed by atoms with Crippen molar-refractivity contribution < 1.29 is 17.9 Å². The lowest BCUT2D eigenvalue weighted by atomic mass is 10.3. The maximum atomic E-state index is 11.5. The highest BCUT2D eigenvalue weighted by Gasteiger charge is 2.23. The highest BCUT2D eigenvalue weighted by atomic mass is 32.2. The maximum Gasteiger partial charge on any atom is 0.152 e. The van der Waals surface area contributed by atoms with Gasteiger partial charge in [0.25, 0.3) is 0 Å². The fourth-order valence-corrected chi connectivity index (χ4v) is 2.98. The molecule has 0 aromatic rings. The van der Waals surface area contributed by atoms with Gasteiger partial charge in [0.05, 0.1) is 24.2 Å². The monoisotopic (exact) mass is 222 g/mol. The van der Waals surface area contributed by atoms with Gasteiger partial charge in [-0.25, -0.2) is 8.42 Å². The van der Waals surface area contributed by atoms with E-state index < -0.39 is 9.84 Å². The lowest BCUT2D eigenvalue weighted by Crippen LogP contribution is -2.24. The molecule has 0 amide bonds. The molecule has 0 aromatic carbocycles. The minimum absolute atomic E-state index is 0.108. The average Bonchev–Trinajstić information content (AvgIpc) is 2.56. The molecule has 84 valence electrons. The van der Waals surface area contributed by atoms with Crippen LogP contribution < -0.4 is 0 Å². The molecule has 1 saturated heterocycles. The zero-order valence-electron chi connectivity index (χ0n) is 8.57. The van der Waals surface area contributed by atoms with Crippen LogP contribution in [-0.2, 0) is 19.3 Å². The van der Waals surface area contributed by atoms with Gasteiger partial charge in [-0.3, -0.25) is 0 Å². The van der Waals surface area contributed by atoms with Crippen molar-refractivity contribution in [1.29, 1.82) is 0 Å². The molecule has 0 aliphatic carbocycles. The topological polar surface area (TPSA) is 52.6 Å². The molecule has 5 heteroatoms. The Morgan fingerprint density at radius 3 is 2.71 bits per heavy atom. The smallest absolute Gasteiger partial charge is 0.152 e. The van der Waals surface area contributed by atoms with Gasteiger partial charge in [0.15, 0.2) is 9.84 Å². The van der Waals surface area contributed by atoms with Crippen molar-refractivity contribution in [3.05, 3.63) is 0 Å². The average molecular weight is 222 g/mol. The maximum absolute atomic E-state index is 11.5. The number of ether oxygens (including phenoxy) is 2. The molecule has 0 aromatic heterocycles. The third kappa shape index (κ3) is 4.39. The normalized spacial score (nSPS) is 22.8. The van der Waals surface area contributed by atoms with Crippen molar-refractivity contribution in [3.63, 3.8) is 0 Å². The summed E-state index contributed by atoms with van der Waals surface area (Å²) in [4.78, 5) is 0. The predicted molar refractivity (Wildman–Crippen MR) is 53.9 cm³/mol. The molecule has 0 bridgehead atoms. The van der Waals surface area contributed by atoms with Gasteiger partial charge in [-0.1, -0.05) is 19.8 Å². The first-order chi connectivity index (χ1) is 6.64. The number of sulfone groups is 1. The Morgan fingerprint density at radius 2 is 2.14 bits per heavy atom. The number of rotatable bonds is 6. The van der Waals surface area contributed by atoms with E-state index in [1.54, 1.807) is 0 Å². The van der Waals surface area contributed by atoms with E-state index in [0.29, 0.717) is 6.61 Å². The van der Waals surface area contributed by atoms with Crippen molar-refractivity contribution in [3.8, 4) is 0 Å². The van der Waals surface area contributed by atoms with Crippen molar-refractivity contribution >= 4 is 9.84 Å². The molecule has 1 aliphatic heterocycles. The van der Waals surface area contributed by atoms with Gasteiger partial charge in [0.2, 0.25) is 0 Å². The summed E-state index contributed by atoms with van der Waals surface area (Å²) < 4.78 is 33.1. The molecule has 14 heavy (non-hydrogen) atoms. The number of unbranched alkanes of at least 4 members (excludes halogenated alkanes) is 2. The standard InChI is InChI=1S/C9H18O4S/c1-2-3-4-5-14(10,11)7-9-6-12-8-13-9/h9H,2-8H2,1H3. The second-order valence-electron chi connectivity index (χ2n) is 3.60. The van der Waals surface area contributed by atoms with Crippen LogP contribution in [0.4, 0.5) is 0 Å². The third-order valence-corrected chi connectivity index (χ3v) is 3.98. The van der Waals surface area contributed by atoms with E-state index in [1.807, 2.05) is 0 Å². The van der Waals surface area contributed by atoms with Crippen LogP contribution in [-0.4, -0.2) is 39.4 Å². The first kappa shape index (κ1) is 11.9. The summed E-state index contributed by atoms with van der Waals surface area (Å²) in [6.07, 6.45) is 2.52. The van der Waals surface area contributed by atoms with Gasteiger partial charge in [-0.15, -0.1) is 0 Å². The second-order valence-corrected chi connectivity index (χ2v) is 5.83. The Morgan fingerprint density at radius 1 is 1.36 bits per heavy atom. The molecule has 1 heterocycles. The van der Waals surface area contributed by atoms with E-state index in [4.69, 9.17) is 9.47 Å². The second kappa shape index (κ2) is 5.68. The molecule has 1 aliphatic rings. The number of hydrogen-bond donors (Lipinski definition) is 0. The summed E-state index contributed by atoms with van der Waals surface area (Å²) in [7, 11) is -2.94. The lowest BCUT2D eigenvalue weighted by Gasteiger charge is -2.07. The Kier molecular flexibility index (Phi) is 4.84. The minimum atomic E-state index is -2.94. The molecule has 0 saturated carbocycles. The van der Waals surface area contributed by atoms with E-state index >= 15 is 0 Å². The zero-order valence-corrected chi connectivity index (χ0v) is 9.38. The lowest BCUT2D eigenvalue weighted by molar-refractivity contribution is 0.0521. The summed E-state index contributed by atoms with van der Waals surface area (Å²) in [6, 6.07) is 0. The van der Waals surface area contributed by atoms with Crippen LogP contribution in [0, 0.1) is 0 Å². The first-order valence-electron chi connectivity index (χ1n) is 5.04. The van der Waals surface area contributed by atoms with E-state index in [-0.39, 0.29) is 24.4 Å². The van der Waals surface area contributed by atoms with E-state index in [0.717, 1.165) is 19.3 Å². The molecule has 1 rings (SSSR count). The van der Waals surface area contributed by atoms with Crippen molar-refractivity contribution in [2.24, 2.45) is 0 Å². The van der Waals surface area contributed by atoms with Crippen molar-refractivity contribution in [1.82, 2.24) is 0 Å². The van der Waals surface area contributed by atoms with Crippen LogP contribution in [0.3, 0.4) is 0 Å². The SMILES string of the molecule is CCCCCS(=O)(=O)CC1COCO1. The van der Waals surface area contributed by atoms with Gasteiger partial charge in [0, 0.05) is 0 Å². The zero-order chi connectivity index (χ0) is 10.4. The van der Waals surface area contributed by atoms with Crippen LogP contribution in [0.2, 0.25) is 0 Å². The molecule has 1 unspecified atom stereocenters. The van der Waals surface area contributed by atoms with Gasteiger partial charge in [-0.05, 0) is 6.42 Å². The molecule has 1 fully saturated rings. The van der Waals surface area contributed by atoms with E-state index in [1.165, 1.54) is 0 Å². The fourth-order valence-electron chi connectivity index (χ4n) is 1.41. The minimum Gasteiger partial charge on any atom is -0.353 e. The van der Waals surface area contributed by atoms with Crippen LogP contribution in [0.1, 0.15) is 26.2 Å². The Bertz CT molecular complexity index is 242. The number of hydrogen-bond acceptors (Lipinski definition) is 4. The summed E-state index contributed by atoms with van der Waals surface area (Å²) in [6.45, 7) is 2.70. The van der Waals surface area contributed by atoms with Crippen LogP contribution in [0.15, 0.2) is 0 Å². The summed E-state index contributed by atoms with van der Waals surface area (Å²) in [5, 5.41) is 0. The quantitative estimate of drug-likeness (QED) is 0.628. The highest BCUT2D eigenvalue weighted by Crippen LogP contribution is 2.08. The Hall–Kier alpha value is -0.130.